The van der Waals surface area contributed by atoms with Crippen molar-refractivity contribution in [2.45, 2.75) is 117 Å². The maximum atomic E-state index is 12.4. The highest BCUT2D eigenvalue weighted by atomic mass is 16.2. The van der Waals surface area contributed by atoms with Gasteiger partial charge in [0.15, 0.2) is 0 Å². The largest absolute Gasteiger partial charge is 0.323 e. The van der Waals surface area contributed by atoms with Gasteiger partial charge in [-0.2, -0.15) is 0 Å². The summed E-state index contributed by atoms with van der Waals surface area (Å²) in [4.78, 5) is 14.3. The van der Waals surface area contributed by atoms with E-state index in [0.717, 1.165) is 12.8 Å². The average molecular weight is 313 g/mol. The van der Waals surface area contributed by atoms with Gasteiger partial charge in [0.1, 0.15) is 0 Å². The third-order valence-electron chi connectivity index (χ3n) is 4.24. The molecular formula is C19H40N2O. The van der Waals surface area contributed by atoms with Gasteiger partial charge in [0, 0.05) is 12.0 Å². The number of amides is 1. The summed E-state index contributed by atoms with van der Waals surface area (Å²) in [6.07, 6.45) is 12.8. The highest BCUT2D eigenvalue weighted by Crippen LogP contribution is 2.19. The molecule has 1 unspecified atom stereocenters. The van der Waals surface area contributed by atoms with Crippen molar-refractivity contribution in [2.75, 3.05) is 0 Å². The fraction of sp³-hybridized carbons (Fsp3) is 0.947. The molecule has 0 aromatic carbocycles. The minimum atomic E-state index is -0.189. The molecule has 0 heterocycles. The van der Waals surface area contributed by atoms with Gasteiger partial charge in [0.2, 0.25) is 5.91 Å². The van der Waals surface area contributed by atoms with Crippen molar-refractivity contribution in [3.8, 4) is 0 Å². The second-order valence-electron chi connectivity index (χ2n) is 7.49. The van der Waals surface area contributed by atoms with Crippen molar-refractivity contribution in [1.82, 2.24) is 4.90 Å². The first-order valence-corrected chi connectivity index (χ1v) is 9.42. The van der Waals surface area contributed by atoms with E-state index < -0.39 is 0 Å². The lowest BCUT2D eigenvalue weighted by Gasteiger charge is -2.40. The standard InChI is InChI=1S/C19H40N2O/c1-6-8-9-10-11-12-13-14-15-16-18(22)21(17(20)7-2)19(3,4)5/h17H,6-16,20H2,1-5H3. The van der Waals surface area contributed by atoms with Crippen LogP contribution in [0, 0.1) is 0 Å². The van der Waals surface area contributed by atoms with Gasteiger partial charge < -0.3 is 10.6 Å². The van der Waals surface area contributed by atoms with Crippen molar-refractivity contribution in [3.63, 3.8) is 0 Å². The molecule has 22 heavy (non-hydrogen) atoms. The van der Waals surface area contributed by atoms with Gasteiger partial charge in [-0.25, -0.2) is 0 Å². The highest BCUT2D eigenvalue weighted by molar-refractivity contribution is 5.77. The Morgan fingerprint density at radius 2 is 1.36 bits per heavy atom. The number of carbonyl (C=O) groups is 1. The van der Waals surface area contributed by atoms with Crippen molar-refractivity contribution in [1.29, 1.82) is 0 Å². The van der Waals surface area contributed by atoms with Crippen molar-refractivity contribution in [2.24, 2.45) is 5.73 Å². The number of unbranched alkanes of at least 4 members (excludes halogenated alkanes) is 8. The van der Waals surface area contributed by atoms with Crippen LogP contribution in [0.3, 0.4) is 0 Å². The molecule has 0 saturated heterocycles. The molecule has 0 aliphatic carbocycles. The van der Waals surface area contributed by atoms with Crippen molar-refractivity contribution in [3.05, 3.63) is 0 Å². The van der Waals surface area contributed by atoms with Crippen LogP contribution < -0.4 is 5.73 Å². The highest BCUT2D eigenvalue weighted by Gasteiger charge is 2.29. The zero-order chi connectivity index (χ0) is 17.0. The van der Waals surface area contributed by atoms with Crippen LogP contribution in [0.1, 0.15) is 105 Å². The van der Waals surface area contributed by atoms with E-state index in [4.69, 9.17) is 5.73 Å². The fourth-order valence-electron chi connectivity index (χ4n) is 2.95. The molecule has 0 spiro atoms. The van der Waals surface area contributed by atoms with E-state index in [9.17, 15) is 4.79 Å². The van der Waals surface area contributed by atoms with Crippen molar-refractivity contribution >= 4 is 5.91 Å². The number of nitrogens with two attached hydrogens (primary N) is 1. The van der Waals surface area contributed by atoms with E-state index in [1.54, 1.807) is 0 Å². The normalized spacial score (nSPS) is 13.2. The van der Waals surface area contributed by atoms with E-state index >= 15 is 0 Å². The summed E-state index contributed by atoms with van der Waals surface area (Å²) in [6, 6.07) is 0. The SMILES string of the molecule is CCCCCCCCCCCC(=O)N(C(N)CC)C(C)(C)C. The molecule has 0 radical (unpaired) electrons. The van der Waals surface area contributed by atoms with Crippen LogP contribution in [-0.4, -0.2) is 22.5 Å². The zero-order valence-corrected chi connectivity index (χ0v) is 15.8. The Bertz CT molecular complexity index is 284. The molecule has 2 N–H and O–H groups in total. The number of nitrogens with zero attached hydrogens (tertiary/aromatic N) is 1. The molecule has 0 aliphatic rings. The van der Waals surface area contributed by atoms with Crippen LogP contribution in [0.25, 0.3) is 0 Å². The molecule has 3 nitrogen and oxygen atoms in total. The smallest absolute Gasteiger partial charge is 0.224 e. The Balaban J connectivity index is 3.87. The minimum Gasteiger partial charge on any atom is -0.323 e. The van der Waals surface area contributed by atoms with Gasteiger partial charge in [-0.1, -0.05) is 65.2 Å². The Hall–Kier alpha value is -0.570. The van der Waals surface area contributed by atoms with Gasteiger partial charge >= 0.3 is 0 Å². The summed E-state index contributed by atoms with van der Waals surface area (Å²) < 4.78 is 0. The first kappa shape index (κ1) is 21.4. The second kappa shape index (κ2) is 11.9. The van der Waals surface area contributed by atoms with Crippen LogP contribution in [0.2, 0.25) is 0 Å². The van der Waals surface area contributed by atoms with Gasteiger partial charge in [-0.05, 0) is 33.6 Å². The maximum absolute atomic E-state index is 12.4. The minimum absolute atomic E-state index is 0.161. The Labute approximate surface area is 139 Å². The topological polar surface area (TPSA) is 46.3 Å². The lowest BCUT2D eigenvalue weighted by atomic mass is 10.0. The number of carbonyl (C=O) groups excluding carboxylic acids is 1. The number of hydrogen-bond acceptors (Lipinski definition) is 2. The molecule has 1 atom stereocenters. The fourth-order valence-corrected chi connectivity index (χ4v) is 2.95. The van der Waals surface area contributed by atoms with Crippen LogP contribution >= 0.6 is 0 Å². The second-order valence-corrected chi connectivity index (χ2v) is 7.49. The van der Waals surface area contributed by atoms with Crippen LogP contribution in [-0.2, 0) is 4.79 Å². The summed E-state index contributed by atoms with van der Waals surface area (Å²) in [5, 5.41) is 0. The summed E-state index contributed by atoms with van der Waals surface area (Å²) in [6.45, 7) is 10.5. The molecular weight excluding hydrogens is 272 g/mol. The van der Waals surface area contributed by atoms with Crippen molar-refractivity contribution < 1.29 is 4.79 Å². The summed E-state index contributed by atoms with van der Waals surface area (Å²) >= 11 is 0. The molecule has 0 rings (SSSR count). The maximum Gasteiger partial charge on any atom is 0.224 e. The molecule has 0 fully saturated rings. The van der Waals surface area contributed by atoms with E-state index in [0.29, 0.717) is 6.42 Å². The number of hydrogen-bond donors (Lipinski definition) is 1. The summed E-state index contributed by atoms with van der Waals surface area (Å²) in [5.41, 5.74) is 5.93. The first-order chi connectivity index (χ1) is 10.3. The van der Waals surface area contributed by atoms with E-state index in [1.165, 1.54) is 51.4 Å². The van der Waals surface area contributed by atoms with Gasteiger partial charge in [0.25, 0.3) is 0 Å². The molecule has 132 valence electrons. The Kier molecular flexibility index (Phi) is 11.6. The summed E-state index contributed by atoms with van der Waals surface area (Å²) in [7, 11) is 0. The first-order valence-electron chi connectivity index (χ1n) is 9.42. The molecule has 3 heteroatoms. The van der Waals surface area contributed by atoms with Crippen LogP contribution in [0.15, 0.2) is 0 Å². The zero-order valence-electron chi connectivity index (χ0n) is 15.8. The molecule has 0 aromatic heterocycles. The predicted molar refractivity (Wildman–Crippen MR) is 96.7 cm³/mol. The van der Waals surface area contributed by atoms with Gasteiger partial charge in [-0.15, -0.1) is 0 Å². The van der Waals surface area contributed by atoms with E-state index in [2.05, 4.69) is 27.7 Å². The van der Waals surface area contributed by atoms with Gasteiger partial charge in [-0.3, -0.25) is 4.79 Å². The Morgan fingerprint density at radius 3 is 1.77 bits per heavy atom. The molecule has 1 amide bonds. The molecule has 0 bridgehead atoms. The van der Waals surface area contributed by atoms with Gasteiger partial charge in [0.05, 0.1) is 6.17 Å². The summed E-state index contributed by atoms with van der Waals surface area (Å²) in [5.74, 6) is 0.213. The monoisotopic (exact) mass is 312 g/mol. The molecule has 0 aliphatic heterocycles. The lowest BCUT2D eigenvalue weighted by Crippen LogP contribution is -2.55. The van der Waals surface area contributed by atoms with Crippen LogP contribution in [0.5, 0.6) is 0 Å². The molecule has 0 saturated carbocycles. The van der Waals surface area contributed by atoms with E-state index in [1.807, 2.05) is 11.8 Å². The quantitative estimate of drug-likeness (QED) is 0.396. The predicted octanol–water partition coefficient (Wildman–Crippen LogP) is 5.23. The number of rotatable bonds is 12. The molecule has 0 aromatic rings. The third-order valence-corrected chi connectivity index (χ3v) is 4.24. The lowest BCUT2D eigenvalue weighted by molar-refractivity contribution is -0.139. The Morgan fingerprint density at radius 1 is 0.909 bits per heavy atom. The third kappa shape index (κ3) is 9.45. The average Bonchev–Trinajstić information content (AvgIpc) is 2.44. The van der Waals surface area contributed by atoms with Crippen LogP contribution in [0.4, 0.5) is 0 Å². The van der Waals surface area contributed by atoms with E-state index in [-0.39, 0.29) is 17.6 Å².